The molecule has 1 saturated heterocycles. The van der Waals surface area contributed by atoms with Crippen molar-refractivity contribution in [3.05, 3.63) is 69.8 Å². The molecule has 1 heterocycles. The highest BCUT2D eigenvalue weighted by Gasteiger charge is 2.16. The molecule has 0 aliphatic carbocycles. The fourth-order valence-electron chi connectivity index (χ4n) is 2.87. The Bertz CT molecular complexity index is 955. The van der Waals surface area contributed by atoms with Gasteiger partial charge in [-0.25, -0.2) is 5.43 Å². The lowest BCUT2D eigenvalue weighted by atomic mass is 10.2. The summed E-state index contributed by atoms with van der Waals surface area (Å²) in [6.45, 7) is 1.13. The number of nitro groups is 1. The summed E-state index contributed by atoms with van der Waals surface area (Å²) in [4.78, 5) is 34.1. The highest BCUT2D eigenvalue weighted by atomic mass is 16.6. The van der Waals surface area contributed by atoms with Gasteiger partial charge in [0.1, 0.15) is 5.75 Å². The zero-order chi connectivity index (χ0) is 22.1. The lowest BCUT2D eigenvalue weighted by Gasteiger charge is -2.11. The molecular formula is C21H22N4O6. The van der Waals surface area contributed by atoms with Crippen LogP contribution in [0.25, 0.3) is 0 Å². The molecule has 1 fully saturated rings. The average Bonchev–Trinajstić information content (AvgIpc) is 3.31. The second-order valence-corrected chi connectivity index (χ2v) is 6.80. The average molecular weight is 426 g/mol. The van der Waals surface area contributed by atoms with Gasteiger partial charge in [0.2, 0.25) is 0 Å². The lowest BCUT2D eigenvalue weighted by Crippen LogP contribution is -2.35. The van der Waals surface area contributed by atoms with Crippen LogP contribution in [0.3, 0.4) is 0 Å². The van der Waals surface area contributed by atoms with E-state index in [1.165, 1.54) is 30.5 Å². The van der Waals surface area contributed by atoms with Gasteiger partial charge < -0.3 is 14.8 Å². The number of rotatable bonds is 9. The number of non-ortho nitro benzene ring substituents is 1. The SMILES string of the molecule is O=C(COc1ccc(/C=N\NC(=O)c2cccc([N+](=O)[O-])c2)cc1)NC[C@H]1CCCO1. The van der Waals surface area contributed by atoms with Gasteiger partial charge >= 0.3 is 0 Å². The molecule has 1 atom stereocenters. The predicted molar refractivity (Wildman–Crippen MR) is 112 cm³/mol. The van der Waals surface area contributed by atoms with Crippen LogP contribution in [0.2, 0.25) is 0 Å². The maximum Gasteiger partial charge on any atom is 0.271 e. The van der Waals surface area contributed by atoms with Gasteiger partial charge in [0.25, 0.3) is 17.5 Å². The molecule has 0 bridgehead atoms. The summed E-state index contributed by atoms with van der Waals surface area (Å²) >= 11 is 0. The molecule has 2 N–H and O–H groups in total. The van der Waals surface area contributed by atoms with E-state index in [-0.39, 0.29) is 29.9 Å². The third kappa shape index (κ3) is 6.89. The first kappa shape index (κ1) is 21.9. The van der Waals surface area contributed by atoms with Crippen molar-refractivity contribution < 1.29 is 24.0 Å². The molecule has 0 unspecified atom stereocenters. The largest absolute Gasteiger partial charge is 0.484 e. The van der Waals surface area contributed by atoms with E-state index < -0.39 is 10.8 Å². The van der Waals surface area contributed by atoms with Crippen LogP contribution in [0, 0.1) is 10.1 Å². The van der Waals surface area contributed by atoms with Gasteiger partial charge in [0, 0.05) is 30.8 Å². The first-order valence-corrected chi connectivity index (χ1v) is 9.70. The Hall–Kier alpha value is -3.79. The monoisotopic (exact) mass is 426 g/mol. The molecule has 1 aliphatic rings. The predicted octanol–water partition coefficient (Wildman–Crippen LogP) is 2.03. The van der Waals surface area contributed by atoms with Gasteiger partial charge in [0.15, 0.2) is 6.61 Å². The van der Waals surface area contributed by atoms with Crippen LogP contribution < -0.4 is 15.5 Å². The zero-order valence-electron chi connectivity index (χ0n) is 16.7. The molecular weight excluding hydrogens is 404 g/mol. The van der Waals surface area contributed by atoms with Crippen LogP contribution in [0.5, 0.6) is 5.75 Å². The standard InChI is InChI=1S/C21H22N4O6/c26-20(22-13-19-5-2-10-30-19)14-31-18-8-6-15(7-9-18)12-23-24-21(27)16-3-1-4-17(11-16)25(28)29/h1,3-4,6-9,11-12,19H,2,5,10,13-14H2,(H,22,26)(H,24,27)/b23-12-/t19-/m1/s1. The fraction of sp³-hybridized carbons (Fsp3) is 0.286. The molecule has 31 heavy (non-hydrogen) atoms. The maximum atomic E-state index is 12.0. The summed E-state index contributed by atoms with van der Waals surface area (Å²) in [5.74, 6) is -0.260. The van der Waals surface area contributed by atoms with Gasteiger partial charge in [-0.3, -0.25) is 19.7 Å². The van der Waals surface area contributed by atoms with E-state index in [9.17, 15) is 19.7 Å². The highest BCUT2D eigenvalue weighted by molar-refractivity contribution is 5.95. The van der Waals surface area contributed by atoms with Gasteiger partial charge in [0.05, 0.1) is 17.2 Å². The normalized spacial score (nSPS) is 15.5. The number of ether oxygens (including phenoxy) is 2. The summed E-state index contributed by atoms with van der Waals surface area (Å²) in [5, 5.41) is 17.4. The third-order valence-corrected chi connectivity index (χ3v) is 4.50. The molecule has 1 aliphatic heterocycles. The van der Waals surface area contributed by atoms with Crippen LogP contribution in [-0.2, 0) is 9.53 Å². The number of nitrogens with one attached hydrogen (secondary N) is 2. The van der Waals surface area contributed by atoms with Gasteiger partial charge in [-0.05, 0) is 48.7 Å². The van der Waals surface area contributed by atoms with E-state index in [2.05, 4.69) is 15.8 Å². The molecule has 10 nitrogen and oxygen atoms in total. The summed E-state index contributed by atoms with van der Waals surface area (Å²) in [7, 11) is 0. The zero-order valence-corrected chi connectivity index (χ0v) is 16.7. The second-order valence-electron chi connectivity index (χ2n) is 6.80. The van der Waals surface area contributed by atoms with Crippen molar-refractivity contribution >= 4 is 23.7 Å². The maximum absolute atomic E-state index is 12.0. The van der Waals surface area contributed by atoms with Crippen molar-refractivity contribution in [1.82, 2.24) is 10.7 Å². The topological polar surface area (TPSA) is 132 Å². The van der Waals surface area contributed by atoms with E-state index in [0.717, 1.165) is 19.4 Å². The minimum atomic E-state index is -0.572. The minimum absolute atomic E-state index is 0.0834. The van der Waals surface area contributed by atoms with E-state index in [0.29, 0.717) is 17.9 Å². The van der Waals surface area contributed by atoms with Gasteiger partial charge in [-0.2, -0.15) is 5.10 Å². The fourth-order valence-corrected chi connectivity index (χ4v) is 2.87. The molecule has 0 saturated carbocycles. The van der Waals surface area contributed by atoms with Crippen molar-refractivity contribution in [3.63, 3.8) is 0 Å². The van der Waals surface area contributed by atoms with Gasteiger partial charge in [-0.15, -0.1) is 0 Å². The van der Waals surface area contributed by atoms with Crippen molar-refractivity contribution in [2.75, 3.05) is 19.8 Å². The van der Waals surface area contributed by atoms with Crippen LogP contribution in [0.1, 0.15) is 28.8 Å². The molecule has 3 rings (SSSR count). The van der Waals surface area contributed by atoms with Crippen molar-refractivity contribution in [3.8, 4) is 5.75 Å². The summed E-state index contributed by atoms with van der Waals surface area (Å²) in [6.07, 6.45) is 3.48. The smallest absolute Gasteiger partial charge is 0.271 e. The number of carbonyl (C=O) groups is 2. The Morgan fingerprint density at radius 1 is 1.26 bits per heavy atom. The molecule has 10 heteroatoms. The number of benzene rings is 2. The molecule has 0 spiro atoms. The molecule has 0 radical (unpaired) electrons. The Morgan fingerprint density at radius 3 is 2.77 bits per heavy atom. The minimum Gasteiger partial charge on any atom is -0.484 e. The Balaban J connectivity index is 1.42. The Morgan fingerprint density at radius 2 is 2.06 bits per heavy atom. The number of hydrogen-bond acceptors (Lipinski definition) is 7. The van der Waals surface area contributed by atoms with Crippen LogP contribution in [-0.4, -0.2) is 48.8 Å². The number of nitro benzene ring substituents is 1. The lowest BCUT2D eigenvalue weighted by molar-refractivity contribution is -0.384. The van der Waals surface area contributed by atoms with Crippen molar-refractivity contribution in [2.45, 2.75) is 18.9 Å². The first-order chi connectivity index (χ1) is 15.0. The van der Waals surface area contributed by atoms with Crippen LogP contribution in [0.4, 0.5) is 5.69 Å². The molecule has 0 aromatic heterocycles. The Kier molecular flexibility index (Phi) is 7.66. The number of amides is 2. The summed E-state index contributed by atoms with van der Waals surface area (Å²) in [5.41, 5.74) is 2.97. The molecule has 2 aromatic carbocycles. The molecule has 2 amide bonds. The second kappa shape index (κ2) is 10.8. The summed E-state index contributed by atoms with van der Waals surface area (Å²) < 4.78 is 10.9. The Labute approximate surface area is 178 Å². The quantitative estimate of drug-likeness (QED) is 0.358. The van der Waals surface area contributed by atoms with E-state index in [1.54, 1.807) is 24.3 Å². The number of hydrogen-bond donors (Lipinski definition) is 2. The van der Waals surface area contributed by atoms with Crippen LogP contribution >= 0.6 is 0 Å². The van der Waals surface area contributed by atoms with Crippen molar-refractivity contribution in [1.29, 1.82) is 0 Å². The van der Waals surface area contributed by atoms with Crippen molar-refractivity contribution in [2.24, 2.45) is 5.10 Å². The van der Waals surface area contributed by atoms with E-state index in [4.69, 9.17) is 9.47 Å². The van der Waals surface area contributed by atoms with E-state index in [1.807, 2.05) is 0 Å². The van der Waals surface area contributed by atoms with Gasteiger partial charge in [-0.1, -0.05) is 6.07 Å². The first-order valence-electron chi connectivity index (χ1n) is 9.70. The molecule has 162 valence electrons. The van der Waals surface area contributed by atoms with Crippen LogP contribution in [0.15, 0.2) is 53.6 Å². The van der Waals surface area contributed by atoms with E-state index >= 15 is 0 Å². The molecule has 2 aromatic rings. The third-order valence-electron chi connectivity index (χ3n) is 4.50. The number of hydrazone groups is 1. The summed E-state index contributed by atoms with van der Waals surface area (Å²) in [6, 6.07) is 12.1. The number of carbonyl (C=O) groups excluding carboxylic acids is 2. The number of nitrogens with zero attached hydrogens (tertiary/aromatic N) is 2. The highest BCUT2D eigenvalue weighted by Crippen LogP contribution is 2.14.